The third kappa shape index (κ3) is 3.07. The lowest BCUT2D eigenvalue weighted by Crippen LogP contribution is -2.15. The van der Waals surface area contributed by atoms with E-state index in [0.29, 0.717) is 12.3 Å². The first-order valence-electron chi connectivity index (χ1n) is 7.17. The summed E-state index contributed by atoms with van der Waals surface area (Å²) in [6, 6.07) is 11.6. The first-order chi connectivity index (χ1) is 10.3. The molecule has 3 nitrogen and oxygen atoms in total. The topological polar surface area (TPSA) is 39.4 Å². The number of rotatable bonds is 3. The highest BCUT2D eigenvalue weighted by atomic mass is 16.5. The molecule has 2 aromatic rings. The summed E-state index contributed by atoms with van der Waals surface area (Å²) < 4.78 is 10.6. The number of furan rings is 1. The Kier molecular flexibility index (Phi) is 3.91. The predicted molar refractivity (Wildman–Crippen MR) is 81.3 cm³/mol. The van der Waals surface area contributed by atoms with Crippen molar-refractivity contribution in [3.63, 3.8) is 0 Å². The Morgan fingerprint density at radius 3 is 2.71 bits per heavy atom. The van der Waals surface area contributed by atoms with Crippen LogP contribution in [0, 0.1) is 0 Å². The molecule has 1 unspecified atom stereocenters. The quantitative estimate of drug-likeness (QED) is 0.792. The van der Waals surface area contributed by atoms with E-state index in [1.54, 1.807) is 13.4 Å². The number of hydrogen-bond donors (Lipinski definition) is 0. The second-order valence-electron chi connectivity index (χ2n) is 5.32. The number of ketones is 1. The molecule has 0 bridgehead atoms. The molecule has 3 heteroatoms. The largest absolute Gasteiger partial charge is 0.497 e. The number of carbonyl (C=O) groups is 1. The van der Waals surface area contributed by atoms with E-state index in [4.69, 9.17) is 9.15 Å². The van der Waals surface area contributed by atoms with E-state index in [9.17, 15) is 4.79 Å². The molecule has 108 valence electrons. The van der Waals surface area contributed by atoms with Gasteiger partial charge in [0.25, 0.3) is 0 Å². The standard InChI is InChI=1S/C18H18O3/c1-20-16-7-4-13(5-8-16)11-15-12-14(6-9-17(15)19)18-3-2-10-21-18/h2-5,7-8,10-11,14H,6,9,12H2,1H3. The monoisotopic (exact) mass is 282 g/mol. The van der Waals surface area contributed by atoms with Crippen LogP contribution in [0.3, 0.4) is 0 Å². The fourth-order valence-electron chi connectivity index (χ4n) is 2.75. The van der Waals surface area contributed by atoms with Gasteiger partial charge in [-0.3, -0.25) is 4.79 Å². The lowest BCUT2D eigenvalue weighted by atomic mass is 9.82. The second-order valence-corrected chi connectivity index (χ2v) is 5.32. The lowest BCUT2D eigenvalue weighted by Gasteiger charge is -2.21. The van der Waals surface area contributed by atoms with E-state index in [1.165, 1.54) is 0 Å². The Balaban J connectivity index is 1.81. The van der Waals surface area contributed by atoms with Crippen molar-refractivity contribution >= 4 is 11.9 Å². The molecule has 3 rings (SSSR count). The van der Waals surface area contributed by atoms with Crippen LogP contribution in [0.4, 0.5) is 0 Å². The highest BCUT2D eigenvalue weighted by Crippen LogP contribution is 2.35. The zero-order valence-electron chi connectivity index (χ0n) is 12.0. The van der Waals surface area contributed by atoms with Gasteiger partial charge in [0.15, 0.2) is 5.78 Å². The highest BCUT2D eigenvalue weighted by molar-refractivity contribution is 6.00. The van der Waals surface area contributed by atoms with E-state index >= 15 is 0 Å². The van der Waals surface area contributed by atoms with Gasteiger partial charge >= 0.3 is 0 Å². The molecule has 1 aliphatic carbocycles. The summed E-state index contributed by atoms with van der Waals surface area (Å²) in [4.78, 5) is 12.1. The Labute approximate surface area is 124 Å². The summed E-state index contributed by atoms with van der Waals surface area (Å²) in [5.74, 6) is 2.35. The van der Waals surface area contributed by atoms with E-state index in [-0.39, 0.29) is 5.78 Å². The third-order valence-corrected chi connectivity index (χ3v) is 3.95. The molecular weight excluding hydrogens is 264 g/mol. The summed E-state index contributed by atoms with van der Waals surface area (Å²) in [6.45, 7) is 0. The van der Waals surface area contributed by atoms with Crippen LogP contribution in [-0.4, -0.2) is 12.9 Å². The molecule has 1 aromatic heterocycles. The van der Waals surface area contributed by atoms with Gasteiger partial charge in [-0.05, 0) is 54.3 Å². The van der Waals surface area contributed by atoms with Gasteiger partial charge in [0.05, 0.1) is 13.4 Å². The summed E-state index contributed by atoms with van der Waals surface area (Å²) in [5, 5.41) is 0. The molecule has 21 heavy (non-hydrogen) atoms. The number of benzene rings is 1. The van der Waals surface area contributed by atoms with Crippen molar-refractivity contribution < 1.29 is 13.9 Å². The smallest absolute Gasteiger partial charge is 0.158 e. The minimum absolute atomic E-state index is 0.244. The van der Waals surface area contributed by atoms with Gasteiger partial charge < -0.3 is 9.15 Å². The second kappa shape index (κ2) is 6.00. The normalized spacial score (nSPS) is 20.7. The van der Waals surface area contributed by atoms with Crippen molar-refractivity contribution in [2.75, 3.05) is 7.11 Å². The van der Waals surface area contributed by atoms with Gasteiger partial charge in [0.1, 0.15) is 11.5 Å². The van der Waals surface area contributed by atoms with Crippen LogP contribution in [-0.2, 0) is 4.79 Å². The summed E-state index contributed by atoms with van der Waals surface area (Å²) in [6.07, 6.45) is 5.88. The molecule has 1 aliphatic rings. The first kappa shape index (κ1) is 13.7. The van der Waals surface area contributed by atoms with E-state index in [1.807, 2.05) is 42.5 Å². The lowest BCUT2D eigenvalue weighted by molar-refractivity contribution is -0.116. The number of allylic oxidation sites excluding steroid dienone is 1. The van der Waals surface area contributed by atoms with Crippen LogP contribution in [0.5, 0.6) is 5.75 Å². The number of methoxy groups -OCH3 is 1. The molecule has 0 aliphatic heterocycles. The number of Topliss-reactive ketones (excluding diaryl/α,β-unsaturated/α-hetero) is 1. The van der Waals surface area contributed by atoms with E-state index in [2.05, 4.69) is 0 Å². The first-order valence-corrected chi connectivity index (χ1v) is 7.17. The van der Waals surface area contributed by atoms with Crippen molar-refractivity contribution in [3.8, 4) is 5.75 Å². The average Bonchev–Trinajstić information content (AvgIpc) is 3.04. The molecule has 1 saturated carbocycles. The number of ether oxygens (including phenoxy) is 1. The van der Waals surface area contributed by atoms with Crippen molar-refractivity contribution in [2.45, 2.75) is 25.2 Å². The maximum absolute atomic E-state index is 12.1. The van der Waals surface area contributed by atoms with E-state index in [0.717, 1.165) is 35.5 Å². The Bertz CT molecular complexity index is 636. The third-order valence-electron chi connectivity index (χ3n) is 3.95. The molecule has 1 fully saturated rings. The van der Waals surface area contributed by atoms with Gasteiger partial charge in [0.2, 0.25) is 0 Å². The molecule has 0 spiro atoms. The minimum atomic E-state index is 0.244. The van der Waals surface area contributed by atoms with Crippen molar-refractivity contribution in [1.29, 1.82) is 0 Å². The SMILES string of the molecule is COc1ccc(C=C2CC(c3ccco3)CCC2=O)cc1. The van der Waals surface area contributed by atoms with Crippen LogP contribution < -0.4 is 4.74 Å². The fraction of sp³-hybridized carbons (Fsp3) is 0.278. The molecule has 1 heterocycles. The molecule has 0 radical (unpaired) electrons. The summed E-state index contributed by atoms with van der Waals surface area (Å²) in [7, 11) is 1.64. The Morgan fingerprint density at radius 2 is 2.05 bits per heavy atom. The van der Waals surface area contributed by atoms with Crippen LogP contribution >= 0.6 is 0 Å². The summed E-state index contributed by atoms with van der Waals surface area (Å²) >= 11 is 0. The summed E-state index contributed by atoms with van der Waals surface area (Å²) in [5.41, 5.74) is 1.91. The van der Waals surface area contributed by atoms with Gasteiger partial charge in [-0.15, -0.1) is 0 Å². The average molecular weight is 282 g/mol. The van der Waals surface area contributed by atoms with Crippen LogP contribution in [0.1, 0.15) is 36.5 Å². The zero-order chi connectivity index (χ0) is 14.7. The van der Waals surface area contributed by atoms with Crippen molar-refractivity contribution in [2.24, 2.45) is 0 Å². The van der Waals surface area contributed by atoms with Crippen LogP contribution in [0.2, 0.25) is 0 Å². The van der Waals surface area contributed by atoms with Gasteiger partial charge in [-0.1, -0.05) is 12.1 Å². The molecule has 0 N–H and O–H groups in total. The number of carbonyl (C=O) groups excluding carboxylic acids is 1. The van der Waals surface area contributed by atoms with Gasteiger partial charge in [0, 0.05) is 12.3 Å². The molecule has 0 amide bonds. The maximum Gasteiger partial charge on any atom is 0.158 e. The molecular formula is C18H18O3. The predicted octanol–water partition coefficient (Wildman–Crippen LogP) is 4.21. The van der Waals surface area contributed by atoms with Crippen LogP contribution in [0.25, 0.3) is 6.08 Å². The maximum atomic E-state index is 12.1. The van der Waals surface area contributed by atoms with Crippen molar-refractivity contribution in [1.82, 2.24) is 0 Å². The highest BCUT2D eigenvalue weighted by Gasteiger charge is 2.26. The number of hydrogen-bond acceptors (Lipinski definition) is 3. The minimum Gasteiger partial charge on any atom is -0.497 e. The van der Waals surface area contributed by atoms with Gasteiger partial charge in [-0.25, -0.2) is 0 Å². The molecule has 1 aromatic carbocycles. The Hall–Kier alpha value is -2.29. The Morgan fingerprint density at radius 1 is 1.24 bits per heavy atom. The van der Waals surface area contributed by atoms with Gasteiger partial charge in [-0.2, -0.15) is 0 Å². The molecule has 1 atom stereocenters. The van der Waals surface area contributed by atoms with Crippen molar-refractivity contribution in [3.05, 3.63) is 59.6 Å². The molecule has 0 saturated heterocycles. The van der Waals surface area contributed by atoms with E-state index < -0.39 is 0 Å². The zero-order valence-corrected chi connectivity index (χ0v) is 12.0. The van der Waals surface area contributed by atoms with Crippen LogP contribution in [0.15, 0.2) is 52.7 Å². The fourth-order valence-corrected chi connectivity index (χ4v) is 2.75.